The van der Waals surface area contributed by atoms with Gasteiger partial charge in [0.05, 0.1) is 5.75 Å². The number of halogens is 2. The number of nitrogens with zero attached hydrogens (tertiary/aromatic N) is 4. The molecule has 1 N–H and O–H groups in total. The number of carbonyl (C=O) groups is 2. The average molecular weight is 592 g/mol. The van der Waals surface area contributed by atoms with E-state index in [1.165, 1.54) is 28.8 Å². The van der Waals surface area contributed by atoms with Gasteiger partial charge in [0.1, 0.15) is 11.9 Å². The number of rotatable bonds is 10. The van der Waals surface area contributed by atoms with Crippen molar-refractivity contribution >= 4 is 46.6 Å². The quantitative estimate of drug-likeness (QED) is 0.169. The standard InChI is InChI=1S/C31H31ClFN5O2S/c1-20-17-21(2)35-31(34-20)41-19-28(39)38(18-22-5-11-25(33)12-6-22)29(23-7-9-24(32)10-8-23)30(40)36-26-13-15-27(16-14-26)37(3)4/h5-17,29H,18-19H2,1-4H3,(H,36,40)/t29-/m0/s1. The summed E-state index contributed by atoms with van der Waals surface area (Å²) in [5.74, 6) is -1.09. The van der Waals surface area contributed by atoms with Crippen LogP contribution in [-0.2, 0) is 16.1 Å². The van der Waals surface area contributed by atoms with Gasteiger partial charge in [0.25, 0.3) is 5.91 Å². The Bertz CT molecular complexity index is 1480. The van der Waals surface area contributed by atoms with Gasteiger partial charge in [0, 0.05) is 48.4 Å². The Morgan fingerprint density at radius 2 is 1.54 bits per heavy atom. The van der Waals surface area contributed by atoms with Gasteiger partial charge in [-0.3, -0.25) is 9.59 Å². The highest BCUT2D eigenvalue weighted by atomic mass is 35.5. The molecule has 2 amide bonds. The second kappa shape index (κ2) is 13.6. The van der Waals surface area contributed by atoms with Crippen molar-refractivity contribution in [2.24, 2.45) is 0 Å². The number of benzene rings is 3. The lowest BCUT2D eigenvalue weighted by atomic mass is 10.0. The van der Waals surface area contributed by atoms with Crippen LogP contribution in [0.4, 0.5) is 15.8 Å². The molecule has 0 fully saturated rings. The normalized spacial score (nSPS) is 11.6. The summed E-state index contributed by atoms with van der Waals surface area (Å²) in [4.78, 5) is 40.1. The molecule has 212 valence electrons. The third-order valence-corrected chi connectivity index (χ3v) is 7.35. The summed E-state index contributed by atoms with van der Waals surface area (Å²) in [5, 5.41) is 3.95. The summed E-state index contributed by atoms with van der Waals surface area (Å²) in [5.41, 5.74) is 4.43. The third kappa shape index (κ3) is 8.28. The maximum absolute atomic E-state index is 13.9. The molecule has 4 rings (SSSR count). The first-order chi connectivity index (χ1) is 19.6. The highest BCUT2D eigenvalue weighted by Gasteiger charge is 2.32. The van der Waals surface area contributed by atoms with Crippen LogP contribution in [0.15, 0.2) is 84.0 Å². The Balaban J connectivity index is 1.69. The molecule has 0 aliphatic heterocycles. The summed E-state index contributed by atoms with van der Waals surface area (Å²) < 4.78 is 13.7. The topological polar surface area (TPSA) is 78.4 Å². The highest BCUT2D eigenvalue weighted by molar-refractivity contribution is 7.99. The number of anilines is 2. The molecule has 0 aliphatic carbocycles. The van der Waals surface area contributed by atoms with Gasteiger partial charge in [-0.05, 0) is 79.6 Å². The second-order valence-corrected chi connectivity index (χ2v) is 11.1. The zero-order valence-electron chi connectivity index (χ0n) is 23.3. The summed E-state index contributed by atoms with van der Waals surface area (Å²) in [7, 11) is 3.87. The minimum absolute atomic E-state index is 0.00100. The van der Waals surface area contributed by atoms with Gasteiger partial charge in [0.15, 0.2) is 5.16 Å². The van der Waals surface area contributed by atoms with Crippen molar-refractivity contribution < 1.29 is 14.0 Å². The zero-order chi connectivity index (χ0) is 29.5. The molecule has 1 heterocycles. The summed E-state index contributed by atoms with van der Waals surface area (Å²) in [6, 6.07) is 21.0. The van der Waals surface area contributed by atoms with Gasteiger partial charge in [-0.1, -0.05) is 47.6 Å². The lowest BCUT2D eigenvalue weighted by molar-refractivity contribution is -0.137. The van der Waals surface area contributed by atoms with E-state index in [0.29, 0.717) is 27.0 Å². The highest BCUT2D eigenvalue weighted by Crippen LogP contribution is 2.29. The molecular weight excluding hydrogens is 561 g/mol. The van der Waals surface area contributed by atoms with Crippen LogP contribution >= 0.6 is 23.4 Å². The van der Waals surface area contributed by atoms with Crippen molar-refractivity contribution in [3.63, 3.8) is 0 Å². The second-order valence-electron chi connectivity index (χ2n) is 9.75. The fraction of sp³-hybridized carbons (Fsp3) is 0.226. The van der Waals surface area contributed by atoms with Crippen molar-refractivity contribution in [1.82, 2.24) is 14.9 Å². The van der Waals surface area contributed by atoms with Crippen LogP contribution in [0.1, 0.15) is 28.6 Å². The van der Waals surface area contributed by atoms with Gasteiger partial charge >= 0.3 is 0 Å². The summed E-state index contributed by atoms with van der Waals surface area (Å²) in [6.45, 7) is 3.81. The van der Waals surface area contributed by atoms with Crippen LogP contribution in [0.5, 0.6) is 0 Å². The van der Waals surface area contributed by atoms with E-state index in [1.54, 1.807) is 36.4 Å². The Hall–Kier alpha value is -3.95. The molecule has 41 heavy (non-hydrogen) atoms. The SMILES string of the molecule is Cc1cc(C)nc(SCC(=O)N(Cc2ccc(F)cc2)[C@H](C(=O)Nc2ccc(N(C)C)cc2)c2ccc(Cl)cc2)n1. The minimum atomic E-state index is -1.00. The lowest BCUT2D eigenvalue weighted by Gasteiger charge is -2.31. The molecule has 1 atom stereocenters. The molecular formula is C31H31ClFN5O2S. The van der Waals surface area contributed by atoms with Gasteiger partial charge < -0.3 is 15.1 Å². The molecule has 0 spiro atoms. The van der Waals surface area contributed by atoms with Gasteiger partial charge in [-0.2, -0.15) is 0 Å². The number of carbonyl (C=O) groups excluding carboxylic acids is 2. The first-order valence-corrected chi connectivity index (χ1v) is 14.3. The van der Waals surface area contributed by atoms with Crippen LogP contribution in [0.3, 0.4) is 0 Å². The van der Waals surface area contributed by atoms with Crippen molar-refractivity contribution in [3.8, 4) is 0 Å². The maximum atomic E-state index is 13.9. The van der Waals surface area contributed by atoms with E-state index in [1.807, 2.05) is 63.2 Å². The average Bonchev–Trinajstić information content (AvgIpc) is 2.93. The molecule has 10 heteroatoms. The summed E-state index contributed by atoms with van der Waals surface area (Å²) in [6.07, 6.45) is 0. The first kappa shape index (κ1) is 30.0. The molecule has 1 aromatic heterocycles. The molecule has 3 aromatic carbocycles. The number of hydrogen-bond acceptors (Lipinski definition) is 6. The smallest absolute Gasteiger partial charge is 0.251 e. The molecule has 0 aliphatic rings. The predicted octanol–water partition coefficient (Wildman–Crippen LogP) is 6.45. The monoisotopic (exact) mass is 591 g/mol. The number of aromatic nitrogens is 2. The van der Waals surface area contributed by atoms with Crippen LogP contribution < -0.4 is 10.2 Å². The minimum Gasteiger partial charge on any atom is -0.378 e. The molecule has 0 unspecified atom stereocenters. The molecule has 0 saturated heterocycles. The Morgan fingerprint density at radius 3 is 2.12 bits per heavy atom. The summed E-state index contributed by atoms with van der Waals surface area (Å²) >= 11 is 7.36. The largest absolute Gasteiger partial charge is 0.378 e. The van der Waals surface area contributed by atoms with E-state index in [-0.39, 0.29) is 24.0 Å². The van der Waals surface area contributed by atoms with Crippen LogP contribution in [-0.4, -0.2) is 46.5 Å². The van der Waals surface area contributed by atoms with E-state index < -0.39 is 11.9 Å². The molecule has 0 radical (unpaired) electrons. The Kier molecular flexibility index (Phi) is 9.96. The van der Waals surface area contributed by atoms with E-state index >= 15 is 0 Å². The fourth-order valence-corrected chi connectivity index (χ4v) is 5.21. The lowest BCUT2D eigenvalue weighted by Crippen LogP contribution is -2.41. The van der Waals surface area contributed by atoms with E-state index in [2.05, 4.69) is 15.3 Å². The number of nitrogens with one attached hydrogen (secondary N) is 1. The van der Waals surface area contributed by atoms with Crippen LogP contribution in [0.2, 0.25) is 5.02 Å². The number of thioether (sulfide) groups is 1. The third-order valence-electron chi connectivity index (χ3n) is 6.27. The van der Waals surface area contributed by atoms with Crippen molar-refractivity contribution in [2.45, 2.75) is 31.6 Å². The van der Waals surface area contributed by atoms with Crippen LogP contribution in [0, 0.1) is 19.7 Å². The number of hydrogen-bond donors (Lipinski definition) is 1. The molecule has 7 nitrogen and oxygen atoms in total. The molecule has 4 aromatic rings. The van der Waals surface area contributed by atoms with Gasteiger partial charge in [0.2, 0.25) is 5.91 Å². The Morgan fingerprint density at radius 1 is 0.927 bits per heavy atom. The van der Waals surface area contributed by atoms with Crippen molar-refractivity contribution in [2.75, 3.05) is 30.1 Å². The predicted molar refractivity (Wildman–Crippen MR) is 163 cm³/mol. The van der Waals surface area contributed by atoms with Crippen molar-refractivity contribution in [1.29, 1.82) is 0 Å². The van der Waals surface area contributed by atoms with E-state index in [9.17, 15) is 14.0 Å². The Labute approximate surface area is 248 Å². The van der Waals surface area contributed by atoms with Crippen molar-refractivity contribution in [3.05, 3.63) is 112 Å². The van der Waals surface area contributed by atoms with Gasteiger partial charge in [-0.25, -0.2) is 14.4 Å². The molecule has 0 saturated carbocycles. The van der Waals surface area contributed by atoms with Crippen LogP contribution in [0.25, 0.3) is 0 Å². The first-order valence-electron chi connectivity index (χ1n) is 12.9. The molecule has 0 bridgehead atoms. The number of amides is 2. The van der Waals surface area contributed by atoms with E-state index in [0.717, 1.165) is 17.1 Å². The fourth-order valence-electron chi connectivity index (χ4n) is 4.25. The maximum Gasteiger partial charge on any atom is 0.251 e. The van der Waals surface area contributed by atoms with Gasteiger partial charge in [-0.15, -0.1) is 0 Å². The van der Waals surface area contributed by atoms with E-state index in [4.69, 9.17) is 11.6 Å². The zero-order valence-corrected chi connectivity index (χ0v) is 24.8. The number of aryl methyl sites for hydroxylation is 2.